The fourth-order valence-corrected chi connectivity index (χ4v) is 2.19. The van der Waals surface area contributed by atoms with E-state index in [2.05, 4.69) is 10.0 Å². The number of rotatable bonds is 5. The van der Waals surface area contributed by atoms with Gasteiger partial charge < -0.3 is 9.64 Å². The molecule has 1 atom stereocenters. The number of amides is 1. The van der Waals surface area contributed by atoms with Crippen molar-refractivity contribution in [2.24, 2.45) is 11.0 Å². The lowest BCUT2D eigenvalue weighted by Gasteiger charge is -2.16. The summed E-state index contributed by atoms with van der Waals surface area (Å²) < 4.78 is 5.37. The number of hydrogen-bond donors (Lipinski definition) is 0. The third-order valence-corrected chi connectivity index (χ3v) is 3.07. The maximum absolute atomic E-state index is 11.9. The first-order chi connectivity index (χ1) is 9.24. The molecule has 2 rings (SSSR count). The molecule has 1 amide bonds. The van der Waals surface area contributed by atoms with Crippen molar-refractivity contribution >= 4 is 11.6 Å². The van der Waals surface area contributed by atoms with Crippen LogP contribution in [0.4, 0.5) is 5.69 Å². The van der Waals surface area contributed by atoms with Gasteiger partial charge in [0, 0.05) is 30.1 Å². The van der Waals surface area contributed by atoms with Crippen LogP contribution in [0, 0.1) is 5.92 Å². The van der Waals surface area contributed by atoms with Crippen molar-refractivity contribution in [3.63, 3.8) is 0 Å². The zero-order valence-corrected chi connectivity index (χ0v) is 10.8. The highest BCUT2D eigenvalue weighted by Crippen LogP contribution is 2.26. The summed E-state index contributed by atoms with van der Waals surface area (Å²) in [4.78, 5) is 16.4. The van der Waals surface area contributed by atoms with Crippen LogP contribution in [0.3, 0.4) is 0 Å². The monoisotopic (exact) mass is 260 g/mol. The van der Waals surface area contributed by atoms with E-state index in [1.54, 1.807) is 4.90 Å². The average Bonchev–Trinajstić information content (AvgIpc) is 2.79. The third kappa shape index (κ3) is 3.17. The highest BCUT2D eigenvalue weighted by Gasteiger charge is 2.29. The second kappa shape index (κ2) is 6.11. The van der Waals surface area contributed by atoms with Gasteiger partial charge in [0.1, 0.15) is 5.75 Å². The molecule has 0 aliphatic carbocycles. The van der Waals surface area contributed by atoms with Crippen LogP contribution in [0.25, 0.3) is 10.4 Å². The Hall–Kier alpha value is -2.20. The Balaban J connectivity index is 2.05. The van der Waals surface area contributed by atoms with Gasteiger partial charge in [-0.25, -0.2) is 0 Å². The molecule has 0 bridgehead atoms. The highest BCUT2D eigenvalue weighted by molar-refractivity contribution is 5.95. The van der Waals surface area contributed by atoms with Crippen LogP contribution in [-0.4, -0.2) is 25.6 Å². The summed E-state index contributed by atoms with van der Waals surface area (Å²) in [6, 6.07) is 7.46. The van der Waals surface area contributed by atoms with Gasteiger partial charge in [-0.3, -0.25) is 4.79 Å². The number of azide groups is 1. The maximum Gasteiger partial charge on any atom is 0.227 e. The minimum atomic E-state index is 0.0716. The molecule has 1 aliphatic rings. The van der Waals surface area contributed by atoms with Crippen molar-refractivity contribution < 1.29 is 9.53 Å². The first-order valence-corrected chi connectivity index (χ1v) is 6.28. The molecule has 0 radical (unpaired) electrons. The predicted octanol–water partition coefficient (Wildman–Crippen LogP) is 2.75. The number of carbonyl (C=O) groups excluding carboxylic acids is 1. The number of nitrogens with zero attached hydrogens (tertiary/aromatic N) is 4. The molecule has 1 unspecified atom stereocenters. The molecule has 1 fully saturated rings. The van der Waals surface area contributed by atoms with Crippen molar-refractivity contribution in [3.05, 3.63) is 34.7 Å². The summed E-state index contributed by atoms with van der Waals surface area (Å²) in [7, 11) is 0. The number of ether oxygens (including phenoxy) is 1. The van der Waals surface area contributed by atoms with Crippen LogP contribution in [0.5, 0.6) is 5.75 Å². The molecular weight excluding hydrogens is 244 g/mol. The summed E-state index contributed by atoms with van der Waals surface area (Å²) in [5, 5.41) is 3.54. The molecule has 0 aromatic heterocycles. The molecule has 6 heteroatoms. The largest absolute Gasteiger partial charge is 0.494 e. The Morgan fingerprint density at radius 2 is 2.21 bits per heavy atom. The second-order valence-electron chi connectivity index (χ2n) is 4.41. The minimum Gasteiger partial charge on any atom is -0.494 e. The van der Waals surface area contributed by atoms with E-state index >= 15 is 0 Å². The molecule has 100 valence electrons. The zero-order valence-electron chi connectivity index (χ0n) is 10.8. The fraction of sp³-hybridized carbons (Fsp3) is 0.462. The lowest BCUT2D eigenvalue weighted by atomic mass is 10.1. The van der Waals surface area contributed by atoms with E-state index in [9.17, 15) is 4.79 Å². The molecule has 19 heavy (non-hydrogen) atoms. The molecule has 0 spiro atoms. The van der Waals surface area contributed by atoms with Crippen LogP contribution in [0.1, 0.15) is 13.3 Å². The topological polar surface area (TPSA) is 78.3 Å². The van der Waals surface area contributed by atoms with E-state index in [1.807, 2.05) is 31.2 Å². The molecule has 1 aromatic rings. The molecule has 0 N–H and O–H groups in total. The Morgan fingerprint density at radius 3 is 2.84 bits per heavy atom. The molecule has 0 saturated carbocycles. The zero-order chi connectivity index (χ0) is 13.7. The van der Waals surface area contributed by atoms with Gasteiger partial charge in [-0.05, 0) is 42.6 Å². The van der Waals surface area contributed by atoms with Crippen LogP contribution in [0.15, 0.2) is 29.4 Å². The number of anilines is 1. The van der Waals surface area contributed by atoms with Gasteiger partial charge in [0.2, 0.25) is 5.91 Å². The Morgan fingerprint density at radius 1 is 1.47 bits per heavy atom. The van der Waals surface area contributed by atoms with Crippen molar-refractivity contribution in [1.29, 1.82) is 0 Å². The summed E-state index contributed by atoms with van der Waals surface area (Å²) in [6.07, 6.45) is 0.437. The van der Waals surface area contributed by atoms with Crippen molar-refractivity contribution in [3.8, 4) is 5.75 Å². The van der Waals surface area contributed by atoms with Gasteiger partial charge in [0.05, 0.1) is 6.61 Å². The van der Waals surface area contributed by atoms with Gasteiger partial charge in [-0.15, -0.1) is 0 Å². The van der Waals surface area contributed by atoms with Gasteiger partial charge in [0.25, 0.3) is 0 Å². The average molecular weight is 260 g/mol. The number of hydrogen-bond acceptors (Lipinski definition) is 3. The SMILES string of the molecule is CCOc1ccc(N2CC(CN=[N+]=[N-])CC2=O)cc1. The van der Waals surface area contributed by atoms with E-state index in [0.29, 0.717) is 26.1 Å². The van der Waals surface area contributed by atoms with Crippen molar-refractivity contribution in [2.45, 2.75) is 13.3 Å². The standard InChI is InChI=1S/C13H16N4O2/c1-2-19-12-5-3-11(4-6-12)17-9-10(7-13(17)18)8-15-16-14/h3-6,10H,2,7-9H2,1H3. The molecular formula is C13H16N4O2. The number of benzene rings is 1. The van der Waals surface area contributed by atoms with Crippen LogP contribution < -0.4 is 9.64 Å². The molecule has 1 saturated heterocycles. The Kier molecular flexibility index (Phi) is 4.26. The van der Waals surface area contributed by atoms with E-state index in [1.165, 1.54) is 0 Å². The van der Waals surface area contributed by atoms with Gasteiger partial charge in [-0.1, -0.05) is 5.11 Å². The summed E-state index contributed by atoms with van der Waals surface area (Å²) >= 11 is 0. The first-order valence-electron chi connectivity index (χ1n) is 6.28. The van der Waals surface area contributed by atoms with Crippen LogP contribution in [-0.2, 0) is 4.79 Å². The smallest absolute Gasteiger partial charge is 0.227 e. The second-order valence-corrected chi connectivity index (χ2v) is 4.41. The normalized spacial score (nSPS) is 18.3. The fourth-order valence-electron chi connectivity index (χ4n) is 2.19. The first kappa shape index (κ1) is 13.2. The van der Waals surface area contributed by atoms with Crippen molar-refractivity contribution in [2.75, 3.05) is 24.6 Å². The number of carbonyl (C=O) groups is 1. The summed E-state index contributed by atoms with van der Waals surface area (Å²) in [5.41, 5.74) is 9.16. The van der Waals surface area contributed by atoms with Gasteiger partial charge in [0.15, 0.2) is 0 Å². The van der Waals surface area contributed by atoms with Crippen LogP contribution in [0.2, 0.25) is 0 Å². The van der Waals surface area contributed by atoms with Gasteiger partial charge in [-0.2, -0.15) is 0 Å². The quantitative estimate of drug-likeness (QED) is 0.463. The molecule has 1 aromatic carbocycles. The minimum absolute atomic E-state index is 0.0716. The van der Waals surface area contributed by atoms with Crippen LogP contribution >= 0.6 is 0 Å². The Bertz CT molecular complexity index is 494. The van der Waals surface area contributed by atoms with E-state index in [-0.39, 0.29) is 11.8 Å². The van der Waals surface area contributed by atoms with Gasteiger partial charge >= 0.3 is 0 Å². The highest BCUT2D eigenvalue weighted by atomic mass is 16.5. The predicted molar refractivity (Wildman–Crippen MR) is 72.1 cm³/mol. The maximum atomic E-state index is 11.9. The molecule has 6 nitrogen and oxygen atoms in total. The Labute approximate surface area is 111 Å². The summed E-state index contributed by atoms with van der Waals surface area (Å²) in [6.45, 7) is 3.52. The summed E-state index contributed by atoms with van der Waals surface area (Å²) in [5.74, 6) is 0.973. The lowest BCUT2D eigenvalue weighted by molar-refractivity contribution is -0.117. The van der Waals surface area contributed by atoms with E-state index < -0.39 is 0 Å². The van der Waals surface area contributed by atoms with E-state index in [4.69, 9.17) is 10.3 Å². The molecule has 1 aliphatic heterocycles. The molecule has 1 heterocycles. The third-order valence-electron chi connectivity index (χ3n) is 3.07. The lowest BCUT2D eigenvalue weighted by Crippen LogP contribution is -2.24. The van der Waals surface area contributed by atoms with E-state index in [0.717, 1.165) is 11.4 Å². The van der Waals surface area contributed by atoms with Crippen molar-refractivity contribution in [1.82, 2.24) is 0 Å².